The molecule has 0 aliphatic carbocycles. The number of piperazine rings is 1. The summed E-state index contributed by atoms with van der Waals surface area (Å²) < 4.78 is 0. The van der Waals surface area contributed by atoms with E-state index >= 15 is 0 Å². The second-order valence-electron chi connectivity index (χ2n) is 7.04. The maximum Gasteiger partial charge on any atom is 0.271 e. The van der Waals surface area contributed by atoms with Crippen LogP contribution in [0.15, 0.2) is 27.2 Å². The van der Waals surface area contributed by atoms with Crippen LogP contribution in [0.5, 0.6) is 0 Å². The highest BCUT2D eigenvalue weighted by molar-refractivity contribution is 7.14. The normalized spacial score (nSPS) is 29.0. The predicted molar refractivity (Wildman–Crippen MR) is 108 cm³/mol. The molecule has 9 heteroatoms. The number of piperidine rings is 2. The first kappa shape index (κ1) is 16.9. The number of aliphatic imine (C=N–C) groups is 1. The standard InChI is InChI=1S/C18H18N6OS2/c19-5-11-8-26-9-15(11)22-17(25)18(10-21-16-14(23-18)3-4-27-16)24-7-12-1-2-13(24)6-20-12/h3-4,8-10,12-13,20,23H,1-2,6-7H2,(H,22,25)/t12-,13-,18?/m0/s1. The van der Waals surface area contributed by atoms with Gasteiger partial charge < -0.3 is 16.0 Å². The molecule has 3 N–H and O–H groups in total. The number of nitriles is 1. The Balaban J connectivity index is 1.53. The number of rotatable bonds is 3. The largest absolute Gasteiger partial charge is 0.352 e. The van der Waals surface area contributed by atoms with Crippen molar-refractivity contribution in [1.29, 1.82) is 5.26 Å². The van der Waals surface area contributed by atoms with Gasteiger partial charge in [0.25, 0.3) is 5.91 Å². The van der Waals surface area contributed by atoms with E-state index in [0.717, 1.165) is 36.6 Å². The first-order valence-corrected chi connectivity index (χ1v) is 10.7. The maximum absolute atomic E-state index is 13.5. The number of hydrogen-bond acceptors (Lipinski definition) is 8. The highest BCUT2D eigenvalue weighted by Crippen LogP contribution is 2.40. The number of amides is 1. The monoisotopic (exact) mass is 398 g/mol. The lowest BCUT2D eigenvalue weighted by Gasteiger charge is -2.53. The topological polar surface area (TPSA) is 92.5 Å². The van der Waals surface area contributed by atoms with Gasteiger partial charge in [-0.3, -0.25) is 9.69 Å². The Morgan fingerprint density at radius 3 is 3.11 bits per heavy atom. The van der Waals surface area contributed by atoms with Crippen molar-refractivity contribution in [3.63, 3.8) is 0 Å². The molecule has 1 amide bonds. The van der Waals surface area contributed by atoms with Crippen LogP contribution in [0.4, 0.5) is 16.4 Å². The number of fused-ring (bicyclic) bond motifs is 4. The van der Waals surface area contributed by atoms with Gasteiger partial charge in [0.2, 0.25) is 5.66 Å². The summed E-state index contributed by atoms with van der Waals surface area (Å²) in [5, 5.41) is 25.6. The lowest BCUT2D eigenvalue weighted by Crippen LogP contribution is -2.74. The minimum Gasteiger partial charge on any atom is -0.352 e. The molecule has 7 nitrogen and oxygen atoms in total. The zero-order chi connectivity index (χ0) is 18.4. The Hall–Kier alpha value is -2.25. The zero-order valence-corrected chi connectivity index (χ0v) is 16.1. The molecule has 0 aromatic carbocycles. The molecule has 4 aliphatic heterocycles. The van der Waals surface area contributed by atoms with Crippen molar-refractivity contribution in [2.24, 2.45) is 4.99 Å². The Kier molecular flexibility index (Phi) is 4.02. The van der Waals surface area contributed by atoms with Crippen LogP contribution < -0.4 is 16.0 Å². The van der Waals surface area contributed by atoms with E-state index in [0.29, 0.717) is 17.3 Å². The zero-order valence-electron chi connectivity index (χ0n) is 14.4. The summed E-state index contributed by atoms with van der Waals surface area (Å²) in [6, 6.07) is 4.74. The SMILES string of the molecule is N#Cc1cscc1NC(=O)C1(N2C[C@@H]3CC[C@H]2CN3)C=Nc2sccc2N1. The fourth-order valence-electron chi connectivity index (χ4n) is 4.12. The summed E-state index contributed by atoms with van der Waals surface area (Å²) in [6.45, 7) is 1.65. The molecule has 138 valence electrons. The van der Waals surface area contributed by atoms with Crippen LogP contribution in [-0.4, -0.2) is 47.9 Å². The molecule has 4 aliphatic rings. The molecule has 27 heavy (non-hydrogen) atoms. The van der Waals surface area contributed by atoms with E-state index in [4.69, 9.17) is 0 Å². The fourth-order valence-corrected chi connectivity index (χ4v) is 5.51. The van der Waals surface area contributed by atoms with E-state index < -0.39 is 5.66 Å². The van der Waals surface area contributed by atoms with Crippen molar-refractivity contribution >= 4 is 51.2 Å². The van der Waals surface area contributed by atoms with Gasteiger partial charge in [-0.25, -0.2) is 4.99 Å². The number of thiophene rings is 2. The summed E-state index contributed by atoms with van der Waals surface area (Å²) in [7, 11) is 0. The molecule has 6 heterocycles. The number of nitrogens with zero attached hydrogens (tertiary/aromatic N) is 3. The highest BCUT2D eigenvalue weighted by Gasteiger charge is 2.51. The lowest BCUT2D eigenvalue weighted by atomic mass is 9.89. The van der Waals surface area contributed by atoms with Crippen LogP contribution in [-0.2, 0) is 4.79 Å². The third kappa shape index (κ3) is 2.68. The summed E-state index contributed by atoms with van der Waals surface area (Å²) >= 11 is 2.95. The van der Waals surface area contributed by atoms with Crippen molar-refractivity contribution in [3.05, 3.63) is 27.8 Å². The number of carbonyl (C=O) groups is 1. The average molecular weight is 399 g/mol. The Morgan fingerprint density at radius 2 is 2.37 bits per heavy atom. The smallest absolute Gasteiger partial charge is 0.271 e. The van der Waals surface area contributed by atoms with Gasteiger partial charge in [-0.1, -0.05) is 0 Å². The highest BCUT2D eigenvalue weighted by atomic mass is 32.1. The Labute approximate surface area is 164 Å². The van der Waals surface area contributed by atoms with E-state index in [1.54, 1.807) is 28.3 Å². The average Bonchev–Trinajstić information content (AvgIpc) is 3.36. The second-order valence-corrected chi connectivity index (χ2v) is 8.68. The van der Waals surface area contributed by atoms with E-state index in [1.807, 2.05) is 11.4 Å². The van der Waals surface area contributed by atoms with Crippen LogP contribution in [0, 0.1) is 11.3 Å². The van der Waals surface area contributed by atoms with Crippen LogP contribution in [0.25, 0.3) is 0 Å². The summed E-state index contributed by atoms with van der Waals surface area (Å²) in [6.07, 6.45) is 3.92. The summed E-state index contributed by atoms with van der Waals surface area (Å²) in [5.74, 6) is -0.203. The van der Waals surface area contributed by atoms with E-state index in [-0.39, 0.29) is 11.9 Å². The number of carbonyl (C=O) groups excluding carboxylic acids is 1. The molecule has 3 fully saturated rings. The predicted octanol–water partition coefficient (Wildman–Crippen LogP) is 2.58. The van der Waals surface area contributed by atoms with Gasteiger partial charge in [0.1, 0.15) is 11.1 Å². The number of hydrogen-bond donors (Lipinski definition) is 3. The fraction of sp³-hybridized carbons (Fsp3) is 0.389. The third-order valence-electron chi connectivity index (χ3n) is 5.52. The van der Waals surface area contributed by atoms with Gasteiger partial charge in [0, 0.05) is 35.9 Å². The van der Waals surface area contributed by atoms with Gasteiger partial charge in [-0.05, 0) is 24.3 Å². The van der Waals surface area contributed by atoms with Crippen LogP contribution >= 0.6 is 22.7 Å². The summed E-state index contributed by atoms with van der Waals surface area (Å²) in [4.78, 5) is 20.4. The molecule has 2 aromatic rings. The molecule has 2 bridgehead atoms. The minimum absolute atomic E-state index is 0.203. The number of anilines is 2. The van der Waals surface area contributed by atoms with Gasteiger partial charge in [-0.15, -0.1) is 22.7 Å². The van der Waals surface area contributed by atoms with Gasteiger partial charge >= 0.3 is 0 Å². The van der Waals surface area contributed by atoms with E-state index in [2.05, 4.69) is 31.9 Å². The van der Waals surface area contributed by atoms with Gasteiger partial charge in [-0.2, -0.15) is 5.26 Å². The molecular formula is C18H18N6OS2. The van der Waals surface area contributed by atoms with E-state index in [1.165, 1.54) is 11.3 Å². The minimum atomic E-state index is -1.06. The summed E-state index contributed by atoms with van der Waals surface area (Å²) in [5.41, 5.74) is 0.847. The Morgan fingerprint density at radius 1 is 1.44 bits per heavy atom. The molecule has 0 radical (unpaired) electrons. The van der Waals surface area contributed by atoms with E-state index in [9.17, 15) is 10.1 Å². The van der Waals surface area contributed by atoms with Crippen molar-refractivity contribution in [2.45, 2.75) is 30.6 Å². The molecule has 0 saturated carbocycles. The van der Waals surface area contributed by atoms with Crippen molar-refractivity contribution in [3.8, 4) is 6.07 Å². The van der Waals surface area contributed by atoms with Crippen molar-refractivity contribution in [1.82, 2.24) is 10.2 Å². The molecule has 0 spiro atoms. The number of nitrogens with one attached hydrogen (secondary N) is 3. The van der Waals surface area contributed by atoms with Crippen LogP contribution in [0.3, 0.4) is 0 Å². The second kappa shape index (κ2) is 6.42. The first-order valence-electron chi connectivity index (χ1n) is 8.88. The molecule has 6 rings (SSSR count). The molecule has 2 aromatic heterocycles. The first-order chi connectivity index (χ1) is 13.2. The molecule has 3 saturated heterocycles. The maximum atomic E-state index is 13.5. The van der Waals surface area contributed by atoms with Crippen LogP contribution in [0.1, 0.15) is 18.4 Å². The van der Waals surface area contributed by atoms with Gasteiger partial charge in [0.15, 0.2) is 0 Å². The van der Waals surface area contributed by atoms with Crippen molar-refractivity contribution < 1.29 is 4.79 Å². The van der Waals surface area contributed by atoms with Crippen molar-refractivity contribution in [2.75, 3.05) is 23.7 Å². The lowest BCUT2D eigenvalue weighted by molar-refractivity contribution is -0.126. The molecule has 1 unspecified atom stereocenters. The third-order valence-corrected chi connectivity index (χ3v) is 7.08. The molecule has 3 atom stereocenters. The molecular weight excluding hydrogens is 380 g/mol. The van der Waals surface area contributed by atoms with Gasteiger partial charge in [0.05, 0.1) is 23.2 Å². The Bertz CT molecular complexity index is 951. The quantitative estimate of drug-likeness (QED) is 0.739. The van der Waals surface area contributed by atoms with Crippen LogP contribution in [0.2, 0.25) is 0 Å².